The van der Waals surface area contributed by atoms with Gasteiger partial charge >= 0.3 is 0 Å². The summed E-state index contributed by atoms with van der Waals surface area (Å²) in [6, 6.07) is 10.7. The number of rotatable bonds is 7. The second kappa shape index (κ2) is 7.56. The Labute approximate surface area is 156 Å². The molecule has 0 bridgehead atoms. The van der Waals surface area contributed by atoms with E-state index in [1.54, 1.807) is 0 Å². The van der Waals surface area contributed by atoms with Gasteiger partial charge in [-0.05, 0) is 38.8 Å². The molecule has 144 valence electrons. The molecule has 0 aromatic heterocycles. The summed E-state index contributed by atoms with van der Waals surface area (Å²) in [7, 11) is 0. The topological polar surface area (TPSA) is 40.2 Å². The lowest BCUT2D eigenvalue weighted by atomic mass is 9.92. The van der Waals surface area contributed by atoms with Crippen molar-refractivity contribution in [2.45, 2.75) is 83.1 Å². The zero-order chi connectivity index (χ0) is 18.1. The fourth-order valence-corrected chi connectivity index (χ4v) is 4.24. The monoisotopic (exact) mass is 361 g/mol. The number of hydrogen-bond acceptors (Lipinski definition) is 5. The largest absolute Gasteiger partial charge is 0.368 e. The van der Waals surface area contributed by atoms with Crippen molar-refractivity contribution in [3.63, 3.8) is 0 Å². The molecule has 26 heavy (non-hydrogen) atoms. The van der Waals surface area contributed by atoms with Gasteiger partial charge < -0.3 is 18.9 Å². The van der Waals surface area contributed by atoms with E-state index in [9.17, 15) is 0 Å². The smallest absolute Gasteiger partial charge is 0.190 e. The van der Waals surface area contributed by atoms with Gasteiger partial charge in [-0.3, -0.25) is 4.90 Å². The van der Waals surface area contributed by atoms with E-state index in [2.05, 4.69) is 24.0 Å². The minimum Gasteiger partial charge on any atom is -0.368 e. The molecule has 0 spiro atoms. The molecule has 0 saturated carbocycles. The van der Waals surface area contributed by atoms with Crippen LogP contribution in [0, 0.1) is 0 Å². The summed E-state index contributed by atoms with van der Waals surface area (Å²) in [4.78, 5) is 2.53. The SMILES string of the molecule is CCCCN1CC[C@H]1[C@H]1O[C@@H]2OC(C)(C)O[C@@H]2[C@H]1OCc1ccccc1. The average Bonchev–Trinajstić information content (AvgIpc) is 3.05. The molecule has 3 heterocycles. The van der Waals surface area contributed by atoms with Gasteiger partial charge in [0.2, 0.25) is 0 Å². The molecule has 1 aromatic rings. The third-order valence-electron chi connectivity index (χ3n) is 5.67. The van der Waals surface area contributed by atoms with Crippen LogP contribution in [0.5, 0.6) is 0 Å². The molecule has 3 fully saturated rings. The van der Waals surface area contributed by atoms with E-state index in [-0.39, 0.29) is 24.6 Å². The van der Waals surface area contributed by atoms with Crippen LogP contribution >= 0.6 is 0 Å². The van der Waals surface area contributed by atoms with Gasteiger partial charge in [-0.25, -0.2) is 0 Å². The fourth-order valence-electron chi connectivity index (χ4n) is 4.24. The first kappa shape index (κ1) is 18.4. The van der Waals surface area contributed by atoms with Crippen LogP contribution in [0.25, 0.3) is 0 Å². The van der Waals surface area contributed by atoms with Crippen molar-refractivity contribution >= 4 is 0 Å². The molecular formula is C21H31NO4. The van der Waals surface area contributed by atoms with Crippen molar-refractivity contribution in [2.75, 3.05) is 13.1 Å². The van der Waals surface area contributed by atoms with Crippen LogP contribution in [-0.4, -0.2) is 54.4 Å². The van der Waals surface area contributed by atoms with Crippen LogP contribution < -0.4 is 0 Å². The van der Waals surface area contributed by atoms with Crippen LogP contribution in [0.2, 0.25) is 0 Å². The Hall–Kier alpha value is -0.980. The Morgan fingerprint density at radius 1 is 1.15 bits per heavy atom. The van der Waals surface area contributed by atoms with Gasteiger partial charge in [-0.15, -0.1) is 0 Å². The van der Waals surface area contributed by atoms with Crippen molar-refractivity contribution in [1.82, 2.24) is 4.90 Å². The van der Waals surface area contributed by atoms with Gasteiger partial charge in [0.1, 0.15) is 18.3 Å². The van der Waals surface area contributed by atoms with E-state index < -0.39 is 5.79 Å². The maximum absolute atomic E-state index is 6.36. The summed E-state index contributed by atoms with van der Waals surface area (Å²) in [6.07, 6.45) is 3.02. The Morgan fingerprint density at radius 2 is 1.96 bits per heavy atom. The molecular weight excluding hydrogens is 330 g/mol. The quantitative estimate of drug-likeness (QED) is 0.745. The van der Waals surface area contributed by atoms with E-state index in [0.717, 1.165) is 19.5 Å². The second-order valence-electron chi connectivity index (χ2n) is 8.08. The van der Waals surface area contributed by atoms with Gasteiger partial charge in [0.15, 0.2) is 12.1 Å². The van der Waals surface area contributed by atoms with Gasteiger partial charge in [0, 0.05) is 12.6 Å². The molecule has 5 heteroatoms. The van der Waals surface area contributed by atoms with Gasteiger partial charge in [-0.2, -0.15) is 0 Å². The van der Waals surface area contributed by atoms with Crippen LogP contribution in [0.3, 0.4) is 0 Å². The molecule has 5 nitrogen and oxygen atoms in total. The lowest BCUT2D eigenvalue weighted by Gasteiger charge is -2.45. The molecule has 1 aromatic carbocycles. The molecule has 0 radical (unpaired) electrons. The predicted molar refractivity (Wildman–Crippen MR) is 98.6 cm³/mol. The van der Waals surface area contributed by atoms with Gasteiger partial charge in [0.25, 0.3) is 0 Å². The average molecular weight is 361 g/mol. The van der Waals surface area contributed by atoms with E-state index in [1.807, 2.05) is 32.0 Å². The molecule has 0 unspecified atom stereocenters. The summed E-state index contributed by atoms with van der Waals surface area (Å²) in [5.74, 6) is -0.615. The lowest BCUT2D eigenvalue weighted by molar-refractivity contribution is -0.231. The number of likely N-dealkylation sites (tertiary alicyclic amines) is 1. The van der Waals surface area contributed by atoms with E-state index in [4.69, 9.17) is 18.9 Å². The zero-order valence-electron chi connectivity index (χ0n) is 16.1. The van der Waals surface area contributed by atoms with Crippen LogP contribution in [-0.2, 0) is 25.6 Å². The molecule has 3 saturated heterocycles. The molecule has 4 rings (SSSR count). The van der Waals surface area contributed by atoms with Crippen molar-refractivity contribution in [3.05, 3.63) is 35.9 Å². The first-order valence-corrected chi connectivity index (χ1v) is 9.98. The Bertz CT molecular complexity index is 593. The lowest BCUT2D eigenvalue weighted by Crippen LogP contribution is -2.58. The predicted octanol–water partition coefficient (Wildman–Crippen LogP) is 3.32. The normalized spacial score (nSPS) is 36.0. The highest BCUT2D eigenvalue weighted by Crippen LogP contribution is 2.42. The van der Waals surface area contributed by atoms with Crippen molar-refractivity contribution < 1.29 is 18.9 Å². The minimum absolute atomic E-state index is 0.00965. The number of fused-ring (bicyclic) bond motifs is 1. The minimum atomic E-state index is -0.615. The molecule has 0 amide bonds. The first-order chi connectivity index (χ1) is 12.6. The Balaban J connectivity index is 1.46. The van der Waals surface area contributed by atoms with E-state index >= 15 is 0 Å². The summed E-state index contributed by atoms with van der Waals surface area (Å²) in [6.45, 7) is 8.97. The number of hydrogen-bond donors (Lipinski definition) is 0. The number of unbranched alkanes of at least 4 members (excludes halogenated alkanes) is 1. The van der Waals surface area contributed by atoms with Crippen molar-refractivity contribution in [2.24, 2.45) is 0 Å². The molecule has 3 aliphatic rings. The number of benzene rings is 1. The molecule has 0 aliphatic carbocycles. The Kier molecular flexibility index (Phi) is 5.35. The summed E-state index contributed by atoms with van der Waals surface area (Å²) in [5.41, 5.74) is 1.17. The van der Waals surface area contributed by atoms with Gasteiger partial charge in [0.05, 0.1) is 6.61 Å². The maximum Gasteiger partial charge on any atom is 0.190 e. The maximum atomic E-state index is 6.36. The zero-order valence-corrected chi connectivity index (χ0v) is 16.1. The third-order valence-corrected chi connectivity index (χ3v) is 5.67. The molecule has 0 N–H and O–H groups in total. The molecule has 5 atom stereocenters. The van der Waals surface area contributed by atoms with E-state index in [1.165, 1.54) is 18.4 Å². The van der Waals surface area contributed by atoms with Crippen molar-refractivity contribution in [3.8, 4) is 0 Å². The third kappa shape index (κ3) is 3.69. The molecule has 3 aliphatic heterocycles. The first-order valence-electron chi connectivity index (χ1n) is 9.98. The second-order valence-corrected chi connectivity index (χ2v) is 8.08. The highest BCUT2D eigenvalue weighted by molar-refractivity contribution is 5.14. The number of nitrogens with zero attached hydrogens (tertiary/aromatic N) is 1. The van der Waals surface area contributed by atoms with Crippen LogP contribution in [0.4, 0.5) is 0 Å². The highest BCUT2D eigenvalue weighted by Gasteiger charge is 2.58. The van der Waals surface area contributed by atoms with Crippen LogP contribution in [0.15, 0.2) is 30.3 Å². The summed E-state index contributed by atoms with van der Waals surface area (Å²) in [5, 5.41) is 0. The number of ether oxygens (including phenoxy) is 4. The summed E-state index contributed by atoms with van der Waals surface area (Å²) < 4.78 is 24.8. The highest BCUT2D eigenvalue weighted by atomic mass is 16.8. The van der Waals surface area contributed by atoms with Crippen LogP contribution in [0.1, 0.15) is 45.6 Å². The standard InChI is InChI=1S/C21H31NO4/c1-4-5-12-22-13-11-16(22)17-18(23-14-15-9-7-6-8-10-15)19-20(24-17)26-21(2,3)25-19/h6-10,16-20H,4-5,11-14H2,1-3H3/t16-,17+,18-,19+,20+/m0/s1. The van der Waals surface area contributed by atoms with Crippen molar-refractivity contribution in [1.29, 1.82) is 0 Å². The fraction of sp³-hybridized carbons (Fsp3) is 0.714. The van der Waals surface area contributed by atoms with E-state index in [0.29, 0.717) is 12.6 Å². The summed E-state index contributed by atoms with van der Waals surface area (Å²) >= 11 is 0. The van der Waals surface area contributed by atoms with Gasteiger partial charge in [-0.1, -0.05) is 43.7 Å². The Morgan fingerprint density at radius 3 is 2.65 bits per heavy atom.